The molecule has 2 nitrogen and oxygen atoms in total. The Morgan fingerprint density at radius 2 is 1.89 bits per heavy atom. The molecule has 1 aromatic heterocycles. The second-order valence-corrected chi connectivity index (χ2v) is 7.57. The molecule has 1 aliphatic carbocycles. The fourth-order valence-corrected chi connectivity index (χ4v) is 3.70. The van der Waals surface area contributed by atoms with Gasteiger partial charge in [-0.3, -0.25) is 4.98 Å². The van der Waals surface area contributed by atoms with E-state index in [1.807, 2.05) is 6.20 Å². The van der Waals surface area contributed by atoms with Crippen molar-refractivity contribution in [1.29, 1.82) is 0 Å². The van der Waals surface area contributed by atoms with Crippen molar-refractivity contribution < 1.29 is 0 Å². The van der Waals surface area contributed by atoms with E-state index in [9.17, 15) is 0 Å². The van der Waals surface area contributed by atoms with Gasteiger partial charge in [-0.05, 0) is 67.3 Å². The molecule has 19 heavy (non-hydrogen) atoms. The summed E-state index contributed by atoms with van der Waals surface area (Å²) in [4.78, 5) is 4.64. The molecule has 1 N–H and O–H groups in total. The lowest BCUT2D eigenvalue weighted by Gasteiger charge is -2.50. The van der Waals surface area contributed by atoms with E-state index < -0.39 is 0 Å². The van der Waals surface area contributed by atoms with Crippen LogP contribution in [0.4, 0.5) is 0 Å². The minimum atomic E-state index is 0.230. The van der Waals surface area contributed by atoms with Gasteiger partial charge in [-0.1, -0.05) is 20.8 Å². The maximum absolute atomic E-state index is 4.64. The van der Waals surface area contributed by atoms with E-state index in [0.29, 0.717) is 11.3 Å². The minimum absolute atomic E-state index is 0.230. The third-order valence-electron chi connectivity index (χ3n) is 5.09. The van der Waals surface area contributed by atoms with Gasteiger partial charge in [0.05, 0.1) is 0 Å². The molecule has 1 saturated heterocycles. The van der Waals surface area contributed by atoms with Gasteiger partial charge in [0.15, 0.2) is 0 Å². The monoisotopic (exact) mass is 258 g/mol. The summed E-state index contributed by atoms with van der Waals surface area (Å²) in [5.41, 5.74) is 3.63. The van der Waals surface area contributed by atoms with E-state index in [2.05, 4.69) is 43.2 Å². The molecule has 2 aliphatic rings. The Balaban J connectivity index is 1.71. The van der Waals surface area contributed by atoms with Crippen LogP contribution in [0.1, 0.15) is 63.6 Å². The minimum Gasteiger partial charge on any atom is -0.317 e. The molecular weight excluding hydrogens is 232 g/mol. The van der Waals surface area contributed by atoms with Gasteiger partial charge in [-0.2, -0.15) is 0 Å². The van der Waals surface area contributed by atoms with Crippen LogP contribution < -0.4 is 5.32 Å². The zero-order chi connectivity index (χ0) is 13.5. The van der Waals surface area contributed by atoms with Gasteiger partial charge in [0, 0.05) is 17.8 Å². The van der Waals surface area contributed by atoms with Gasteiger partial charge < -0.3 is 5.32 Å². The third-order valence-corrected chi connectivity index (χ3v) is 5.09. The molecule has 0 unspecified atom stereocenters. The molecule has 1 aromatic rings. The summed E-state index contributed by atoms with van der Waals surface area (Å²) in [5, 5.41) is 3.48. The molecule has 1 spiro atoms. The van der Waals surface area contributed by atoms with Crippen LogP contribution in [0.5, 0.6) is 0 Å². The van der Waals surface area contributed by atoms with Crippen molar-refractivity contribution in [2.45, 2.75) is 57.8 Å². The topological polar surface area (TPSA) is 24.9 Å². The smallest absolute Gasteiger partial charge is 0.0437 e. The maximum atomic E-state index is 4.64. The van der Waals surface area contributed by atoms with Crippen LogP contribution in [0.25, 0.3) is 0 Å². The number of nitrogens with one attached hydrogen (secondary N) is 1. The molecule has 2 fully saturated rings. The number of aromatic nitrogens is 1. The van der Waals surface area contributed by atoms with Crippen LogP contribution in [-0.2, 0) is 5.41 Å². The van der Waals surface area contributed by atoms with Crippen molar-refractivity contribution in [3.8, 4) is 0 Å². The first kappa shape index (κ1) is 13.1. The fraction of sp³-hybridized carbons (Fsp3) is 0.706. The molecule has 0 atom stereocenters. The van der Waals surface area contributed by atoms with Gasteiger partial charge in [0.2, 0.25) is 0 Å². The summed E-state index contributed by atoms with van der Waals surface area (Å²) >= 11 is 0. The van der Waals surface area contributed by atoms with Gasteiger partial charge >= 0.3 is 0 Å². The van der Waals surface area contributed by atoms with E-state index in [1.54, 1.807) is 0 Å². The highest BCUT2D eigenvalue weighted by molar-refractivity contribution is 5.27. The second-order valence-electron chi connectivity index (χ2n) is 7.57. The first-order valence-electron chi connectivity index (χ1n) is 7.66. The second kappa shape index (κ2) is 4.59. The predicted molar refractivity (Wildman–Crippen MR) is 79.4 cm³/mol. The van der Waals surface area contributed by atoms with Crippen LogP contribution in [0.15, 0.2) is 18.3 Å². The van der Waals surface area contributed by atoms with Gasteiger partial charge in [0.1, 0.15) is 0 Å². The quantitative estimate of drug-likeness (QED) is 0.832. The van der Waals surface area contributed by atoms with Crippen LogP contribution in [0.2, 0.25) is 0 Å². The Hall–Kier alpha value is -0.890. The normalized spacial score (nSPS) is 23.3. The zero-order valence-electron chi connectivity index (χ0n) is 12.5. The lowest BCUT2D eigenvalue weighted by Crippen LogP contribution is -2.44. The number of nitrogens with zero attached hydrogens (tertiary/aromatic N) is 1. The lowest BCUT2D eigenvalue weighted by molar-refractivity contribution is 0.0586. The van der Waals surface area contributed by atoms with Crippen molar-refractivity contribution >= 4 is 0 Å². The number of pyridine rings is 1. The molecule has 1 saturated carbocycles. The highest BCUT2D eigenvalue weighted by atomic mass is 14.9. The Morgan fingerprint density at radius 3 is 2.53 bits per heavy atom. The van der Waals surface area contributed by atoms with Gasteiger partial charge in [-0.25, -0.2) is 0 Å². The van der Waals surface area contributed by atoms with Crippen molar-refractivity contribution in [3.05, 3.63) is 29.6 Å². The average molecular weight is 258 g/mol. The van der Waals surface area contributed by atoms with Crippen molar-refractivity contribution in [2.75, 3.05) is 13.1 Å². The SMILES string of the molecule is CC(C)(C)c1ccnc(C2CC3(CCNCC3)C2)c1. The van der Waals surface area contributed by atoms with E-state index in [0.717, 1.165) is 0 Å². The Bertz CT molecular complexity index is 445. The number of hydrogen-bond donors (Lipinski definition) is 1. The third kappa shape index (κ3) is 2.55. The predicted octanol–water partition coefficient (Wildman–Crippen LogP) is 3.63. The fourth-order valence-electron chi connectivity index (χ4n) is 3.70. The Kier molecular flexibility index (Phi) is 3.17. The molecule has 3 rings (SSSR count). The summed E-state index contributed by atoms with van der Waals surface area (Å²) in [7, 11) is 0. The average Bonchev–Trinajstić information content (AvgIpc) is 2.36. The molecule has 1 aliphatic heterocycles. The highest BCUT2D eigenvalue weighted by Gasteiger charge is 2.45. The molecular formula is C17H26N2. The Morgan fingerprint density at radius 1 is 1.21 bits per heavy atom. The summed E-state index contributed by atoms with van der Waals surface area (Å²) < 4.78 is 0. The maximum Gasteiger partial charge on any atom is 0.0437 e. The summed E-state index contributed by atoms with van der Waals surface area (Å²) in [6.07, 6.45) is 7.44. The summed E-state index contributed by atoms with van der Waals surface area (Å²) in [6.45, 7) is 9.26. The molecule has 0 radical (unpaired) electrons. The van der Waals surface area contributed by atoms with Crippen LogP contribution >= 0.6 is 0 Å². The van der Waals surface area contributed by atoms with Crippen LogP contribution in [0.3, 0.4) is 0 Å². The molecule has 104 valence electrons. The molecule has 0 bridgehead atoms. The van der Waals surface area contributed by atoms with Crippen LogP contribution in [0, 0.1) is 5.41 Å². The lowest BCUT2D eigenvalue weighted by atomic mass is 9.57. The van der Waals surface area contributed by atoms with E-state index in [-0.39, 0.29) is 5.41 Å². The van der Waals surface area contributed by atoms with Gasteiger partial charge in [-0.15, -0.1) is 0 Å². The van der Waals surface area contributed by atoms with E-state index in [1.165, 1.54) is 50.0 Å². The van der Waals surface area contributed by atoms with Crippen LogP contribution in [-0.4, -0.2) is 18.1 Å². The standard InChI is InChI=1S/C17H26N2/c1-16(2,3)14-4-7-19-15(10-14)13-11-17(12-13)5-8-18-9-6-17/h4,7,10,13,18H,5-6,8-9,11-12H2,1-3H3. The molecule has 0 aromatic carbocycles. The Labute approximate surface area is 117 Å². The van der Waals surface area contributed by atoms with Crippen molar-refractivity contribution in [2.24, 2.45) is 5.41 Å². The first-order chi connectivity index (χ1) is 8.99. The highest BCUT2D eigenvalue weighted by Crippen LogP contribution is 2.55. The number of rotatable bonds is 1. The molecule has 2 heteroatoms. The van der Waals surface area contributed by atoms with Crippen molar-refractivity contribution in [3.63, 3.8) is 0 Å². The van der Waals surface area contributed by atoms with Crippen molar-refractivity contribution in [1.82, 2.24) is 10.3 Å². The summed E-state index contributed by atoms with van der Waals surface area (Å²) in [6, 6.07) is 4.51. The van der Waals surface area contributed by atoms with E-state index >= 15 is 0 Å². The summed E-state index contributed by atoms with van der Waals surface area (Å²) in [5.74, 6) is 0.709. The largest absolute Gasteiger partial charge is 0.317 e. The molecule has 0 amide bonds. The first-order valence-corrected chi connectivity index (χ1v) is 7.66. The number of piperidine rings is 1. The number of hydrogen-bond acceptors (Lipinski definition) is 2. The molecule has 2 heterocycles. The van der Waals surface area contributed by atoms with E-state index in [4.69, 9.17) is 0 Å². The van der Waals surface area contributed by atoms with Gasteiger partial charge in [0.25, 0.3) is 0 Å². The zero-order valence-corrected chi connectivity index (χ0v) is 12.5.